The van der Waals surface area contributed by atoms with Crippen LogP contribution in [0.4, 0.5) is 0 Å². The van der Waals surface area contributed by atoms with Crippen LogP contribution in [0.3, 0.4) is 0 Å². The van der Waals surface area contributed by atoms with Crippen molar-refractivity contribution < 1.29 is 9.53 Å². The Bertz CT molecular complexity index is 564. The number of hydrogen-bond donors (Lipinski definition) is 0. The Balaban J connectivity index is 1.81. The third-order valence-corrected chi connectivity index (χ3v) is 3.17. The molecule has 110 valence electrons. The molecule has 1 aliphatic heterocycles. The van der Waals surface area contributed by atoms with Crippen LogP contribution in [0, 0.1) is 0 Å². The van der Waals surface area contributed by atoms with E-state index in [4.69, 9.17) is 4.74 Å². The van der Waals surface area contributed by atoms with E-state index in [1.807, 2.05) is 18.2 Å². The molecule has 1 aromatic heterocycles. The molecule has 0 bridgehead atoms. The Labute approximate surface area is 124 Å². The Morgan fingerprint density at radius 3 is 3.05 bits per heavy atom. The molecule has 0 radical (unpaired) electrons. The minimum absolute atomic E-state index is 0.0234. The summed E-state index contributed by atoms with van der Waals surface area (Å²) in [4.78, 5) is 16.3. The predicted molar refractivity (Wildman–Crippen MR) is 82.7 cm³/mol. The summed E-state index contributed by atoms with van der Waals surface area (Å²) in [5.74, 6) is 0.0234. The van der Waals surface area contributed by atoms with E-state index in [1.54, 1.807) is 19.2 Å². The zero-order valence-electron chi connectivity index (χ0n) is 12.2. The van der Waals surface area contributed by atoms with Gasteiger partial charge in [-0.1, -0.05) is 12.1 Å². The number of hydrogen-bond acceptors (Lipinski definition) is 5. The second kappa shape index (κ2) is 7.59. The molecule has 2 heterocycles. The summed E-state index contributed by atoms with van der Waals surface area (Å²) < 4.78 is 5.44. The second-order valence-corrected chi connectivity index (χ2v) is 4.84. The van der Waals surface area contributed by atoms with E-state index in [0.29, 0.717) is 13.0 Å². The average molecular weight is 285 g/mol. The molecule has 0 saturated heterocycles. The first kappa shape index (κ1) is 15.3. The lowest BCUT2D eigenvalue weighted by Crippen LogP contribution is -2.24. The quantitative estimate of drug-likeness (QED) is 0.544. The topological polar surface area (TPSA) is 63.9 Å². The van der Waals surface area contributed by atoms with Crippen molar-refractivity contribution >= 4 is 17.2 Å². The first-order valence-electron chi connectivity index (χ1n) is 6.99. The van der Waals surface area contributed by atoms with Gasteiger partial charge in [-0.05, 0) is 25.5 Å². The fourth-order valence-corrected chi connectivity index (χ4v) is 1.93. The van der Waals surface area contributed by atoms with Gasteiger partial charge in [0, 0.05) is 19.0 Å². The summed E-state index contributed by atoms with van der Waals surface area (Å²) in [7, 11) is 0. The molecule has 0 aliphatic carbocycles. The van der Waals surface area contributed by atoms with Gasteiger partial charge >= 0.3 is 0 Å². The molecule has 0 N–H and O–H groups in total. The maximum atomic E-state index is 12.0. The van der Waals surface area contributed by atoms with Crippen LogP contribution in [-0.4, -0.2) is 34.9 Å². The van der Waals surface area contributed by atoms with Crippen molar-refractivity contribution in [1.29, 1.82) is 0 Å². The second-order valence-electron chi connectivity index (χ2n) is 4.84. The van der Waals surface area contributed by atoms with Crippen LogP contribution < -0.4 is 0 Å². The fraction of sp³-hybridized carbons (Fsp3) is 0.375. The molecule has 5 nitrogen and oxygen atoms in total. The molecule has 0 saturated carbocycles. The molecular formula is C16H19N3O2. The molecule has 0 aromatic carbocycles. The molecule has 2 rings (SSSR count). The highest BCUT2D eigenvalue weighted by Crippen LogP contribution is 2.13. The summed E-state index contributed by atoms with van der Waals surface area (Å²) in [6, 6.07) is 5.65. The predicted octanol–water partition coefficient (Wildman–Crippen LogP) is 2.57. The van der Waals surface area contributed by atoms with Gasteiger partial charge in [-0.15, -0.1) is 6.58 Å². The minimum Gasteiger partial charge on any atom is -0.370 e. The van der Waals surface area contributed by atoms with Crippen molar-refractivity contribution in [3.05, 3.63) is 42.7 Å². The van der Waals surface area contributed by atoms with E-state index in [2.05, 4.69) is 21.8 Å². The summed E-state index contributed by atoms with van der Waals surface area (Å²) in [6.45, 7) is 5.90. The number of carbonyl (C=O) groups is 1. The van der Waals surface area contributed by atoms with E-state index in [0.717, 1.165) is 23.5 Å². The van der Waals surface area contributed by atoms with Crippen molar-refractivity contribution in [1.82, 2.24) is 4.98 Å². The third-order valence-electron chi connectivity index (χ3n) is 3.17. The Hall–Kier alpha value is -2.14. The third kappa shape index (κ3) is 4.43. The molecule has 1 aliphatic rings. The summed E-state index contributed by atoms with van der Waals surface area (Å²) in [5.41, 5.74) is 2.37. The molecule has 0 fully saturated rings. The smallest absolute Gasteiger partial charge is 0.166 e. The molecular weight excluding hydrogens is 266 g/mol. The number of ether oxygens (including phenoxy) is 1. The monoisotopic (exact) mass is 285 g/mol. The van der Waals surface area contributed by atoms with Gasteiger partial charge in [0.2, 0.25) is 0 Å². The fourth-order valence-electron chi connectivity index (χ4n) is 1.93. The van der Waals surface area contributed by atoms with E-state index in [-0.39, 0.29) is 12.2 Å². The van der Waals surface area contributed by atoms with E-state index >= 15 is 0 Å². The molecule has 1 aromatic rings. The average Bonchev–Trinajstić information content (AvgIpc) is 2.97. The lowest BCUT2D eigenvalue weighted by Gasteiger charge is -2.11. The van der Waals surface area contributed by atoms with Gasteiger partial charge in [-0.3, -0.25) is 9.78 Å². The van der Waals surface area contributed by atoms with Gasteiger partial charge in [0.15, 0.2) is 5.78 Å². The summed E-state index contributed by atoms with van der Waals surface area (Å²) >= 11 is 0. The maximum Gasteiger partial charge on any atom is 0.166 e. The summed E-state index contributed by atoms with van der Waals surface area (Å²) in [5, 5.41) is 8.20. The SMILES string of the molecule is C=CCCOC(C)C(=O)CC1=NN=C(c2ccccn2)C1. The Kier molecular flexibility index (Phi) is 5.51. The van der Waals surface area contributed by atoms with Crippen LogP contribution in [-0.2, 0) is 9.53 Å². The van der Waals surface area contributed by atoms with Crippen molar-refractivity contribution in [2.24, 2.45) is 10.2 Å². The van der Waals surface area contributed by atoms with Gasteiger partial charge in [-0.2, -0.15) is 10.2 Å². The van der Waals surface area contributed by atoms with E-state index in [9.17, 15) is 4.79 Å². The van der Waals surface area contributed by atoms with Crippen molar-refractivity contribution in [2.75, 3.05) is 6.61 Å². The van der Waals surface area contributed by atoms with Crippen molar-refractivity contribution in [3.8, 4) is 0 Å². The van der Waals surface area contributed by atoms with Crippen molar-refractivity contribution in [3.63, 3.8) is 0 Å². The Morgan fingerprint density at radius 2 is 2.33 bits per heavy atom. The molecule has 0 spiro atoms. The standard InChI is InChI=1S/C16H19N3O2/c1-3-4-9-21-12(2)16(20)11-13-10-15(19-18-13)14-7-5-6-8-17-14/h3,5-8,12H,1,4,9-11H2,2H3. The number of nitrogens with zero attached hydrogens (tertiary/aromatic N) is 3. The van der Waals surface area contributed by atoms with Gasteiger partial charge in [0.05, 0.1) is 23.7 Å². The van der Waals surface area contributed by atoms with Gasteiger partial charge in [0.1, 0.15) is 6.10 Å². The normalized spacial score (nSPS) is 15.3. The van der Waals surface area contributed by atoms with Gasteiger partial charge in [0.25, 0.3) is 0 Å². The number of aromatic nitrogens is 1. The van der Waals surface area contributed by atoms with Crippen LogP contribution in [0.2, 0.25) is 0 Å². The first-order valence-corrected chi connectivity index (χ1v) is 6.99. The lowest BCUT2D eigenvalue weighted by atomic mass is 10.0. The zero-order valence-corrected chi connectivity index (χ0v) is 12.2. The molecule has 21 heavy (non-hydrogen) atoms. The van der Waals surface area contributed by atoms with Crippen LogP contribution in [0.5, 0.6) is 0 Å². The zero-order chi connectivity index (χ0) is 15.1. The highest BCUT2D eigenvalue weighted by molar-refractivity contribution is 6.18. The van der Waals surface area contributed by atoms with E-state index in [1.165, 1.54) is 0 Å². The molecule has 5 heteroatoms. The van der Waals surface area contributed by atoms with Gasteiger partial charge in [-0.25, -0.2) is 0 Å². The molecule has 0 amide bonds. The number of carbonyl (C=O) groups excluding carboxylic acids is 1. The van der Waals surface area contributed by atoms with Crippen LogP contribution >= 0.6 is 0 Å². The molecule has 1 unspecified atom stereocenters. The Morgan fingerprint density at radius 1 is 1.48 bits per heavy atom. The lowest BCUT2D eigenvalue weighted by molar-refractivity contribution is -0.128. The van der Waals surface area contributed by atoms with Crippen molar-refractivity contribution in [2.45, 2.75) is 32.3 Å². The summed E-state index contributed by atoms with van der Waals surface area (Å²) in [6.07, 6.45) is 4.65. The van der Waals surface area contributed by atoms with Crippen LogP contribution in [0.15, 0.2) is 47.3 Å². The van der Waals surface area contributed by atoms with Crippen LogP contribution in [0.25, 0.3) is 0 Å². The maximum absolute atomic E-state index is 12.0. The highest BCUT2D eigenvalue weighted by atomic mass is 16.5. The first-order chi connectivity index (χ1) is 10.2. The number of rotatable bonds is 8. The van der Waals surface area contributed by atoms with Crippen LogP contribution in [0.1, 0.15) is 31.9 Å². The number of Topliss-reactive ketones (excluding diaryl/α,β-unsaturated/α-hetero) is 1. The largest absolute Gasteiger partial charge is 0.370 e. The number of ketones is 1. The minimum atomic E-state index is -0.424. The highest BCUT2D eigenvalue weighted by Gasteiger charge is 2.21. The number of pyridine rings is 1. The van der Waals surface area contributed by atoms with E-state index < -0.39 is 6.10 Å². The van der Waals surface area contributed by atoms with Gasteiger partial charge < -0.3 is 4.74 Å². The molecule has 1 atom stereocenters.